The third-order valence-electron chi connectivity index (χ3n) is 4.89. The maximum absolute atomic E-state index is 12.9. The molecule has 3 N–H and O–H groups in total. The molecule has 0 aliphatic carbocycles. The SMILES string of the molecule is Cc1ccc2onc(Cn3c(=O)ccn([C@@H]4O[C@H](CO)C(O)C4O)c3=O)c2c1. The van der Waals surface area contributed by atoms with E-state index in [9.17, 15) is 24.9 Å². The molecular formula is C18H19N3O7. The molecule has 10 heteroatoms. The topological polar surface area (TPSA) is 140 Å². The maximum Gasteiger partial charge on any atom is 0.333 e. The lowest BCUT2D eigenvalue weighted by atomic mass is 10.1. The fourth-order valence-electron chi connectivity index (χ4n) is 3.35. The van der Waals surface area contributed by atoms with E-state index in [1.54, 1.807) is 6.07 Å². The molecule has 1 aliphatic rings. The Bertz CT molecular complexity index is 1130. The summed E-state index contributed by atoms with van der Waals surface area (Å²) in [6.45, 7) is 1.25. The lowest BCUT2D eigenvalue weighted by Gasteiger charge is -2.18. The molecule has 1 aliphatic heterocycles. The molecule has 3 aromatic rings. The number of hydrogen-bond donors (Lipinski definition) is 3. The van der Waals surface area contributed by atoms with E-state index in [1.807, 2.05) is 19.1 Å². The van der Waals surface area contributed by atoms with Crippen LogP contribution in [0.25, 0.3) is 11.0 Å². The highest BCUT2D eigenvalue weighted by atomic mass is 16.6. The molecular weight excluding hydrogens is 370 g/mol. The first-order chi connectivity index (χ1) is 13.4. The van der Waals surface area contributed by atoms with Crippen LogP contribution in [0.4, 0.5) is 0 Å². The number of ether oxygens (including phenoxy) is 1. The van der Waals surface area contributed by atoms with Crippen LogP contribution in [0, 0.1) is 6.92 Å². The highest BCUT2D eigenvalue weighted by Crippen LogP contribution is 2.28. The summed E-state index contributed by atoms with van der Waals surface area (Å²) in [5.41, 5.74) is 0.620. The van der Waals surface area contributed by atoms with Crippen molar-refractivity contribution in [1.82, 2.24) is 14.3 Å². The monoisotopic (exact) mass is 389 g/mol. The molecule has 0 bridgehead atoms. The van der Waals surface area contributed by atoms with Crippen molar-refractivity contribution in [3.05, 3.63) is 62.6 Å². The van der Waals surface area contributed by atoms with Crippen molar-refractivity contribution in [2.45, 2.75) is 38.0 Å². The fourth-order valence-corrected chi connectivity index (χ4v) is 3.35. The predicted molar refractivity (Wildman–Crippen MR) is 95.8 cm³/mol. The van der Waals surface area contributed by atoms with Crippen LogP contribution in [-0.2, 0) is 11.3 Å². The van der Waals surface area contributed by atoms with Gasteiger partial charge in [-0.1, -0.05) is 16.8 Å². The number of aromatic nitrogens is 3. The zero-order chi connectivity index (χ0) is 20.0. The number of aryl methyl sites for hydroxylation is 1. The molecule has 2 aromatic heterocycles. The van der Waals surface area contributed by atoms with E-state index >= 15 is 0 Å². The molecule has 3 heterocycles. The Morgan fingerprint density at radius 3 is 2.68 bits per heavy atom. The number of fused-ring (bicyclic) bond motifs is 1. The van der Waals surface area contributed by atoms with Crippen LogP contribution in [0.2, 0.25) is 0 Å². The standard InChI is InChI=1S/C18H19N3O7/c1-9-2-3-12-10(6-9)11(19-28-12)7-21-14(23)4-5-20(18(21)26)17-16(25)15(24)13(8-22)27-17/h2-6,13,15-17,22,24-25H,7-8H2,1H3/t13-,15?,16?,17-/m1/s1. The quantitative estimate of drug-likeness (QED) is 0.523. The van der Waals surface area contributed by atoms with Gasteiger partial charge in [0.15, 0.2) is 11.8 Å². The van der Waals surface area contributed by atoms with Crippen molar-refractivity contribution in [2.24, 2.45) is 0 Å². The Morgan fingerprint density at radius 2 is 1.96 bits per heavy atom. The van der Waals surface area contributed by atoms with E-state index in [0.29, 0.717) is 16.7 Å². The Hall–Kier alpha value is -2.79. The number of aliphatic hydroxyl groups excluding tert-OH is 3. The predicted octanol–water partition coefficient (Wildman–Crippen LogP) is -0.881. The zero-order valence-electron chi connectivity index (χ0n) is 14.9. The minimum Gasteiger partial charge on any atom is -0.394 e. The Kier molecular flexibility index (Phi) is 4.63. The van der Waals surface area contributed by atoms with Gasteiger partial charge >= 0.3 is 5.69 Å². The van der Waals surface area contributed by atoms with Crippen molar-refractivity contribution >= 4 is 11.0 Å². The second kappa shape index (κ2) is 6.99. The molecule has 28 heavy (non-hydrogen) atoms. The van der Waals surface area contributed by atoms with Crippen molar-refractivity contribution < 1.29 is 24.6 Å². The van der Waals surface area contributed by atoms with Gasteiger partial charge in [-0.2, -0.15) is 0 Å². The lowest BCUT2D eigenvalue weighted by Crippen LogP contribution is -2.43. The van der Waals surface area contributed by atoms with Crippen LogP contribution in [0.15, 0.2) is 44.6 Å². The van der Waals surface area contributed by atoms with E-state index in [0.717, 1.165) is 20.8 Å². The van der Waals surface area contributed by atoms with E-state index in [-0.39, 0.29) is 6.54 Å². The van der Waals surface area contributed by atoms with Gasteiger partial charge in [-0.05, 0) is 19.1 Å². The molecule has 1 aromatic carbocycles. The largest absolute Gasteiger partial charge is 0.394 e. The van der Waals surface area contributed by atoms with Crippen molar-refractivity contribution in [3.63, 3.8) is 0 Å². The van der Waals surface area contributed by atoms with Crippen LogP contribution in [0.3, 0.4) is 0 Å². The first-order valence-electron chi connectivity index (χ1n) is 8.70. The molecule has 10 nitrogen and oxygen atoms in total. The highest BCUT2D eigenvalue weighted by Gasteiger charge is 2.43. The number of hydrogen-bond acceptors (Lipinski definition) is 8. The van der Waals surface area contributed by atoms with Crippen LogP contribution in [-0.4, -0.2) is 54.5 Å². The number of benzene rings is 1. The summed E-state index contributed by atoms with van der Waals surface area (Å²) >= 11 is 0. The molecule has 1 fully saturated rings. The molecule has 0 amide bonds. The minimum atomic E-state index is -1.43. The third-order valence-corrected chi connectivity index (χ3v) is 4.89. The molecule has 0 radical (unpaired) electrons. The summed E-state index contributed by atoms with van der Waals surface area (Å²) in [7, 11) is 0. The normalized spacial score (nSPS) is 24.9. The highest BCUT2D eigenvalue weighted by molar-refractivity contribution is 5.80. The number of aliphatic hydroxyl groups is 3. The van der Waals surface area contributed by atoms with E-state index in [1.165, 1.54) is 6.20 Å². The fraction of sp³-hybridized carbons (Fsp3) is 0.389. The van der Waals surface area contributed by atoms with Gasteiger partial charge in [0.1, 0.15) is 24.0 Å². The Morgan fingerprint density at radius 1 is 1.18 bits per heavy atom. The summed E-state index contributed by atoms with van der Waals surface area (Å²) in [6.07, 6.45) is -3.87. The first kappa shape index (κ1) is 18.6. The molecule has 0 spiro atoms. The van der Waals surface area contributed by atoms with Gasteiger partial charge in [0.25, 0.3) is 5.56 Å². The van der Waals surface area contributed by atoms with Crippen molar-refractivity contribution in [2.75, 3.05) is 6.61 Å². The van der Waals surface area contributed by atoms with Crippen LogP contribution in [0.5, 0.6) is 0 Å². The second-order valence-electron chi connectivity index (χ2n) is 6.79. The maximum atomic E-state index is 12.9. The average molecular weight is 389 g/mol. The van der Waals surface area contributed by atoms with Gasteiger partial charge in [0, 0.05) is 17.6 Å². The smallest absolute Gasteiger partial charge is 0.333 e. The first-order valence-corrected chi connectivity index (χ1v) is 8.70. The van der Waals surface area contributed by atoms with Crippen LogP contribution >= 0.6 is 0 Å². The Labute approximate surface area is 157 Å². The summed E-state index contributed by atoms with van der Waals surface area (Å²) in [5.74, 6) is 0. The molecule has 0 saturated carbocycles. The van der Waals surface area contributed by atoms with Crippen molar-refractivity contribution in [3.8, 4) is 0 Å². The van der Waals surface area contributed by atoms with E-state index in [2.05, 4.69) is 5.16 Å². The van der Waals surface area contributed by atoms with E-state index < -0.39 is 42.4 Å². The molecule has 4 rings (SSSR count). The Balaban J connectivity index is 1.74. The molecule has 2 unspecified atom stereocenters. The number of rotatable bonds is 4. The second-order valence-corrected chi connectivity index (χ2v) is 6.79. The lowest BCUT2D eigenvalue weighted by molar-refractivity contribution is -0.0555. The van der Waals surface area contributed by atoms with Gasteiger partial charge in [-0.15, -0.1) is 0 Å². The van der Waals surface area contributed by atoms with Gasteiger partial charge < -0.3 is 24.6 Å². The summed E-state index contributed by atoms with van der Waals surface area (Å²) in [4.78, 5) is 25.2. The van der Waals surface area contributed by atoms with E-state index in [4.69, 9.17) is 9.26 Å². The molecule has 1 saturated heterocycles. The van der Waals surface area contributed by atoms with Gasteiger partial charge in [-0.3, -0.25) is 13.9 Å². The molecule has 148 valence electrons. The van der Waals surface area contributed by atoms with Crippen molar-refractivity contribution in [1.29, 1.82) is 0 Å². The van der Waals surface area contributed by atoms with Crippen LogP contribution < -0.4 is 11.2 Å². The summed E-state index contributed by atoms with van der Waals surface area (Å²) in [6, 6.07) is 6.62. The van der Waals surface area contributed by atoms with Gasteiger partial charge in [-0.25, -0.2) is 4.79 Å². The van der Waals surface area contributed by atoms with Gasteiger partial charge in [0.2, 0.25) is 0 Å². The molecule has 4 atom stereocenters. The van der Waals surface area contributed by atoms with Crippen LogP contribution in [0.1, 0.15) is 17.5 Å². The third kappa shape index (κ3) is 2.96. The van der Waals surface area contributed by atoms with Gasteiger partial charge in [0.05, 0.1) is 13.2 Å². The average Bonchev–Trinajstić information content (AvgIpc) is 3.20. The zero-order valence-corrected chi connectivity index (χ0v) is 14.9. The minimum absolute atomic E-state index is 0.135. The summed E-state index contributed by atoms with van der Waals surface area (Å²) in [5, 5.41) is 33.9. The summed E-state index contributed by atoms with van der Waals surface area (Å²) < 4.78 is 12.6. The number of nitrogens with zero attached hydrogens (tertiary/aromatic N) is 3.